The quantitative estimate of drug-likeness (QED) is 0.451. The Morgan fingerprint density at radius 1 is 1.47 bits per heavy atom. The third-order valence-corrected chi connectivity index (χ3v) is 2.17. The fraction of sp³-hybridized carbons (Fsp3) is 0.231. The maximum absolute atomic E-state index is 11.2. The molecule has 0 N–H and O–H groups in total. The number of hydrogen-bond donors (Lipinski definition) is 0. The van der Waals surface area contributed by atoms with Crippen molar-refractivity contribution in [3.8, 4) is 6.07 Å². The maximum Gasteiger partial charge on any atom is 0.334 e. The van der Waals surface area contributed by atoms with Crippen molar-refractivity contribution in [2.45, 2.75) is 6.92 Å². The number of anilines is 1. The largest absolute Gasteiger partial charge is 0.441 e. The molecule has 1 rings (SSSR count). The third-order valence-electron chi connectivity index (χ3n) is 2.17. The van der Waals surface area contributed by atoms with Crippen LogP contribution in [0.25, 0.3) is 0 Å². The summed E-state index contributed by atoms with van der Waals surface area (Å²) in [5.74, 6) is -0.412. The van der Waals surface area contributed by atoms with Crippen LogP contribution in [0.4, 0.5) is 5.69 Å². The zero-order valence-corrected chi connectivity index (χ0v) is 9.93. The SMILES string of the molecule is C=C(C)C(=O)OCN(C)c1ccc(C#N)cc1. The molecule has 1 aromatic carbocycles. The molecular weight excluding hydrogens is 216 g/mol. The van der Waals surface area contributed by atoms with Crippen molar-refractivity contribution in [2.75, 3.05) is 18.7 Å². The summed E-state index contributed by atoms with van der Waals surface area (Å²) in [4.78, 5) is 13.0. The van der Waals surface area contributed by atoms with Crippen molar-refractivity contribution in [3.63, 3.8) is 0 Å². The van der Waals surface area contributed by atoms with Gasteiger partial charge in [-0.1, -0.05) is 6.58 Å². The highest BCUT2D eigenvalue weighted by Crippen LogP contribution is 2.13. The van der Waals surface area contributed by atoms with Crippen LogP contribution in [-0.4, -0.2) is 19.7 Å². The molecular formula is C13H14N2O2. The first-order chi connectivity index (χ1) is 8.04. The van der Waals surface area contributed by atoms with Crippen molar-refractivity contribution in [2.24, 2.45) is 0 Å². The Bertz CT molecular complexity index is 457. The van der Waals surface area contributed by atoms with E-state index in [0.29, 0.717) is 11.1 Å². The number of hydrogen-bond acceptors (Lipinski definition) is 4. The Morgan fingerprint density at radius 2 is 2.06 bits per heavy atom. The topological polar surface area (TPSA) is 53.3 Å². The molecule has 0 radical (unpaired) electrons. The number of ether oxygens (including phenoxy) is 1. The summed E-state index contributed by atoms with van der Waals surface area (Å²) in [6.45, 7) is 5.25. The minimum Gasteiger partial charge on any atom is -0.441 e. The second kappa shape index (κ2) is 5.71. The molecule has 1 aromatic rings. The molecule has 0 fully saturated rings. The van der Waals surface area contributed by atoms with E-state index in [1.165, 1.54) is 0 Å². The lowest BCUT2D eigenvalue weighted by Gasteiger charge is -2.18. The fourth-order valence-corrected chi connectivity index (χ4v) is 1.14. The Labute approximate surface area is 101 Å². The van der Waals surface area contributed by atoms with E-state index in [9.17, 15) is 4.79 Å². The predicted molar refractivity (Wildman–Crippen MR) is 65.3 cm³/mol. The highest BCUT2D eigenvalue weighted by molar-refractivity contribution is 5.87. The first-order valence-corrected chi connectivity index (χ1v) is 5.08. The van der Waals surface area contributed by atoms with E-state index < -0.39 is 5.97 Å². The molecule has 0 aliphatic rings. The van der Waals surface area contributed by atoms with E-state index >= 15 is 0 Å². The molecule has 88 valence electrons. The highest BCUT2D eigenvalue weighted by Gasteiger charge is 2.06. The maximum atomic E-state index is 11.2. The van der Waals surface area contributed by atoms with Crippen LogP contribution in [-0.2, 0) is 9.53 Å². The molecule has 0 atom stereocenters. The van der Waals surface area contributed by atoms with Crippen LogP contribution >= 0.6 is 0 Å². The van der Waals surface area contributed by atoms with Gasteiger partial charge >= 0.3 is 5.97 Å². The Kier molecular flexibility index (Phi) is 4.29. The van der Waals surface area contributed by atoms with Gasteiger partial charge in [0.25, 0.3) is 0 Å². The van der Waals surface area contributed by atoms with Gasteiger partial charge in [-0.25, -0.2) is 4.79 Å². The standard InChI is InChI=1S/C13H14N2O2/c1-10(2)13(16)17-9-15(3)12-6-4-11(8-14)5-7-12/h4-7H,1,9H2,2-3H3. The number of carbonyl (C=O) groups excluding carboxylic acids is 1. The summed E-state index contributed by atoms with van der Waals surface area (Å²) in [6, 6.07) is 9.07. The van der Waals surface area contributed by atoms with Crippen molar-refractivity contribution in [1.29, 1.82) is 5.26 Å². The summed E-state index contributed by atoms with van der Waals surface area (Å²) in [7, 11) is 1.80. The Hall–Kier alpha value is -2.28. The molecule has 0 saturated carbocycles. The first kappa shape index (κ1) is 12.8. The summed E-state index contributed by atoms with van der Waals surface area (Å²) in [6.07, 6.45) is 0. The summed E-state index contributed by atoms with van der Waals surface area (Å²) < 4.78 is 5.00. The minimum atomic E-state index is -0.412. The fourth-order valence-electron chi connectivity index (χ4n) is 1.14. The van der Waals surface area contributed by atoms with Crippen LogP contribution in [0.1, 0.15) is 12.5 Å². The first-order valence-electron chi connectivity index (χ1n) is 5.08. The van der Waals surface area contributed by atoms with E-state index in [0.717, 1.165) is 5.69 Å². The van der Waals surface area contributed by atoms with E-state index in [1.54, 1.807) is 43.1 Å². The van der Waals surface area contributed by atoms with Gasteiger partial charge in [-0.3, -0.25) is 0 Å². The zero-order valence-electron chi connectivity index (χ0n) is 9.93. The van der Waals surface area contributed by atoms with Crippen molar-refractivity contribution < 1.29 is 9.53 Å². The molecule has 0 unspecified atom stereocenters. The van der Waals surface area contributed by atoms with Gasteiger partial charge in [0, 0.05) is 18.3 Å². The van der Waals surface area contributed by atoms with Crippen molar-refractivity contribution in [1.82, 2.24) is 0 Å². The number of benzene rings is 1. The molecule has 0 amide bonds. The van der Waals surface area contributed by atoms with E-state index in [1.807, 2.05) is 6.07 Å². The van der Waals surface area contributed by atoms with Crippen LogP contribution in [0.5, 0.6) is 0 Å². The number of rotatable bonds is 4. The summed E-state index contributed by atoms with van der Waals surface area (Å²) in [5.41, 5.74) is 1.85. The molecule has 0 aromatic heterocycles. The van der Waals surface area contributed by atoms with Gasteiger partial charge in [-0.15, -0.1) is 0 Å². The van der Waals surface area contributed by atoms with Crippen molar-refractivity contribution in [3.05, 3.63) is 42.0 Å². The Morgan fingerprint density at radius 3 is 2.53 bits per heavy atom. The normalized spacial score (nSPS) is 9.24. The molecule has 0 heterocycles. The van der Waals surface area contributed by atoms with E-state index in [-0.39, 0.29) is 6.73 Å². The van der Waals surface area contributed by atoms with Gasteiger partial charge in [0.2, 0.25) is 0 Å². The second-order valence-electron chi connectivity index (χ2n) is 3.70. The summed E-state index contributed by atoms with van der Waals surface area (Å²) >= 11 is 0. The summed E-state index contributed by atoms with van der Waals surface area (Å²) in [5, 5.41) is 8.66. The number of esters is 1. The van der Waals surface area contributed by atoms with Gasteiger partial charge in [-0.05, 0) is 31.2 Å². The molecule has 0 aliphatic heterocycles. The van der Waals surface area contributed by atoms with Crippen LogP contribution in [0.2, 0.25) is 0 Å². The smallest absolute Gasteiger partial charge is 0.334 e. The monoisotopic (exact) mass is 230 g/mol. The molecule has 0 aliphatic carbocycles. The predicted octanol–water partition coefficient (Wildman–Crippen LogP) is 2.07. The van der Waals surface area contributed by atoms with Crippen LogP contribution < -0.4 is 4.90 Å². The Balaban J connectivity index is 2.58. The van der Waals surface area contributed by atoms with E-state index in [2.05, 4.69) is 6.58 Å². The number of carbonyl (C=O) groups is 1. The molecule has 0 bridgehead atoms. The van der Waals surface area contributed by atoms with Gasteiger partial charge in [0.15, 0.2) is 6.73 Å². The number of nitrogens with zero attached hydrogens (tertiary/aromatic N) is 2. The van der Waals surface area contributed by atoms with Crippen molar-refractivity contribution >= 4 is 11.7 Å². The average molecular weight is 230 g/mol. The van der Waals surface area contributed by atoms with Crippen LogP contribution in [0.15, 0.2) is 36.4 Å². The molecule has 17 heavy (non-hydrogen) atoms. The van der Waals surface area contributed by atoms with Crippen LogP contribution in [0.3, 0.4) is 0 Å². The molecule has 4 nitrogen and oxygen atoms in total. The van der Waals surface area contributed by atoms with Gasteiger partial charge < -0.3 is 9.64 Å². The number of nitriles is 1. The lowest BCUT2D eigenvalue weighted by molar-refractivity contribution is -0.138. The third kappa shape index (κ3) is 3.65. The minimum absolute atomic E-state index is 0.150. The lowest BCUT2D eigenvalue weighted by Crippen LogP contribution is -2.23. The second-order valence-corrected chi connectivity index (χ2v) is 3.70. The molecule has 0 saturated heterocycles. The highest BCUT2D eigenvalue weighted by atomic mass is 16.5. The molecule has 0 spiro atoms. The van der Waals surface area contributed by atoms with Gasteiger partial charge in [0.05, 0.1) is 11.6 Å². The van der Waals surface area contributed by atoms with Gasteiger partial charge in [-0.2, -0.15) is 5.26 Å². The average Bonchev–Trinajstić information content (AvgIpc) is 2.35. The zero-order chi connectivity index (χ0) is 12.8. The molecule has 4 heteroatoms. The lowest BCUT2D eigenvalue weighted by atomic mass is 10.2. The van der Waals surface area contributed by atoms with Gasteiger partial charge in [0.1, 0.15) is 0 Å². The van der Waals surface area contributed by atoms with E-state index in [4.69, 9.17) is 10.00 Å². The van der Waals surface area contributed by atoms with Crippen LogP contribution in [0, 0.1) is 11.3 Å².